The van der Waals surface area contributed by atoms with E-state index >= 15 is 0 Å². The van der Waals surface area contributed by atoms with Gasteiger partial charge in [-0.2, -0.15) is 0 Å². The summed E-state index contributed by atoms with van der Waals surface area (Å²) in [7, 11) is 2.14. The van der Waals surface area contributed by atoms with Crippen molar-refractivity contribution in [3.63, 3.8) is 0 Å². The average molecular weight is 329 g/mol. The predicted octanol–water partition coefficient (Wildman–Crippen LogP) is 5.06. The SMILES string of the molecule is CN(Cc1cccc(-c2ccccc2)c1)C1OCCc2ccccc21. The highest BCUT2D eigenvalue weighted by molar-refractivity contribution is 5.63. The Morgan fingerprint density at radius 3 is 2.52 bits per heavy atom. The number of hydrogen-bond acceptors (Lipinski definition) is 2. The summed E-state index contributed by atoms with van der Waals surface area (Å²) >= 11 is 0. The first-order valence-corrected chi connectivity index (χ1v) is 8.85. The highest BCUT2D eigenvalue weighted by Gasteiger charge is 2.24. The number of benzene rings is 3. The Hall–Kier alpha value is -2.42. The van der Waals surface area contributed by atoms with Crippen molar-refractivity contribution in [2.45, 2.75) is 19.2 Å². The van der Waals surface area contributed by atoms with Crippen molar-refractivity contribution < 1.29 is 4.74 Å². The molecule has 0 radical (unpaired) electrons. The fourth-order valence-electron chi connectivity index (χ4n) is 3.59. The molecule has 1 aliphatic heterocycles. The summed E-state index contributed by atoms with van der Waals surface area (Å²) in [5.74, 6) is 0. The zero-order valence-electron chi connectivity index (χ0n) is 14.6. The van der Waals surface area contributed by atoms with E-state index < -0.39 is 0 Å². The third-order valence-corrected chi connectivity index (χ3v) is 4.83. The minimum atomic E-state index is 0.0327. The van der Waals surface area contributed by atoms with Gasteiger partial charge in [0.25, 0.3) is 0 Å². The second-order valence-corrected chi connectivity index (χ2v) is 6.65. The van der Waals surface area contributed by atoms with Crippen LogP contribution in [0.5, 0.6) is 0 Å². The van der Waals surface area contributed by atoms with Crippen molar-refractivity contribution in [2.75, 3.05) is 13.7 Å². The molecule has 0 aliphatic carbocycles. The summed E-state index contributed by atoms with van der Waals surface area (Å²) in [6.07, 6.45) is 1.04. The van der Waals surface area contributed by atoms with Gasteiger partial charge in [-0.05, 0) is 47.4 Å². The molecule has 0 saturated heterocycles. The lowest BCUT2D eigenvalue weighted by atomic mass is 10.00. The molecule has 1 aliphatic rings. The average Bonchev–Trinajstić information content (AvgIpc) is 2.68. The fraction of sp³-hybridized carbons (Fsp3) is 0.217. The largest absolute Gasteiger partial charge is 0.358 e. The van der Waals surface area contributed by atoms with E-state index in [1.165, 1.54) is 27.8 Å². The zero-order valence-corrected chi connectivity index (χ0v) is 14.6. The van der Waals surface area contributed by atoms with E-state index in [0.717, 1.165) is 19.6 Å². The first kappa shape index (κ1) is 16.1. The lowest BCUT2D eigenvalue weighted by Gasteiger charge is -2.33. The van der Waals surface area contributed by atoms with Gasteiger partial charge in [0.1, 0.15) is 6.23 Å². The zero-order chi connectivity index (χ0) is 17.1. The molecule has 3 aromatic rings. The van der Waals surface area contributed by atoms with Gasteiger partial charge in [-0.3, -0.25) is 4.90 Å². The maximum Gasteiger partial charge on any atom is 0.137 e. The van der Waals surface area contributed by atoms with Crippen LogP contribution in [0.25, 0.3) is 11.1 Å². The second kappa shape index (κ2) is 7.22. The first-order valence-electron chi connectivity index (χ1n) is 8.85. The second-order valence-electron chi connectivity index (χ2n) is 6.65. The van der Waals surface area contributed by atoms with E-state index in [1.807, 2.05) is 0 Å². The molecule has 0 bridgehead atoms. The van der Waals surface area contributed by atoms with E-state index in [2.05, 4.69) is 90.8 Å². The molecule has 1 atom stereocenters. The Balaban J connectivity index is 1.55. The van der Waals surface area contributed by atoms with Crippen LogP contribution in [0, 0.1) is 0 Å². The van der Waals surface area contributed by atoms with Crippen LogP contribution in [0.1, 0.15) is 22.9 Å². The molecule has 0 saturated carbocycles. The van der Waals surface area contributed by atoms with Crippen LogP contribution in [0.2, 0.25) is 0 Å². The summed E-state index contributed by atoms with van der Waals surface area (Å²) in [6.45, 7) is 1.65. The van der Waals surface area contributed by atoms with Crippen molar-refractivity contribution in [1.29, 1.82) is 0 Å². The van der Waals surface area contributed by atoms with Crippen LogP contribution in [-0.2, 0) is 17.7 Å². The van der Waals surface area contributed by atoms with E-state index in [-0.39, 0.29) is 6.23 Å². The summed E-state index contributed by atoms with van der Waals surface area (Å²) < 4.78 is 6.08. The Bertz CT molecular complexity index is 843. The van der Waals surface area contributed by atoms with Crippen LogP contribution in [0.3, 0.4) is 0 Å². The first-order chi connectivity index (χ1) is 12.3. The number of ether oxygens (including phenoxy) is 1. The number of rotatable bonds is 4. The fourth-order valence-corrected chi connectivity index (χ4v) is 3.59. The molecular formula is C23H23NO. The molecule has 1 unspecified atom stereocenters. The molecule has 0 aromatic heterocycles. The topological polar surface area (TPSA) is 12.5 Å². The van der Waals surface area contributed by atoms with Crippen LogP contribution >= 0.6 is 0 Å². The quantitative estimate of drug-likeness (QED) is 0.663. The molecule has 0 spiro atoms. The Morgan fingerprint density at radius 2 is 1.64 bits per heavy atom. The van der Waals surface area contributed by atoms with E-state index in [4.69, 9.17) is 4.74 Å². The third-order valence-electron chi connectivity index (χ3n) is 4.83. The highest BCUT2D eigenvalue weighted by Crippen LogP contribution is 2.30. The summed E-state index contributed by atoms with van der Waals surface area (Å²) in [6, 6.07) is 27.9. The monoisotopic (exact) mass is 329 g/mol. The molecule has 1 heterocycles. The van der Waals surface area contributed by atoms with Crippen LogP contribution in [-0.4, -0.2) is 18.6 Å². The smallest absolute Gasteiger partial charge is 0.137 e. The van der Waals surface area contributed by atoms with Gasteiger partial charge < -0.3 is 4.74 Å². The maximum absolute atomic E-state index is 6.08. The van der Waals surface area contributed by atoms with Crippen molar-refractivity contribution in [2.24, 2.45) is 0 Å². The van der Waals surface area contributed by atoms with Crippen LogP contribution < -0.4 is 0 Å². The van der Waals surface area contributed by atoms with Crippen LogP contribution in [0.15, 0.2) is 78.9 Å². The standard InChI is InChI=1S/C23H23NO/c1-24(23-22-13-6-5-11-20(22)14-15-25-23)17-18-8-7-12-21(16-18)19-9-3-2-4-10-19/h2-13,16,23H,14-15,17H2,1H3. The number of nitrogens with zero attached hydrogens (tertiary/aromatic N) is 1. The van der Waals surface area contributed by atoms with Crippen molar-refractivity contribution >= 4 is 0 Å². The van der Waals surface area contributed by atoms with Gasteiger partial charge in [0, 0.05) is 6.54 Å². The molecule has 0 N–H and O–H groups in total. The minimum absolute atomic E-state index is 0.0327. The van der Waals surface area contributed by atoms with Gasteiger partial charge >= 0.3 is 0 Å². The molecule has 0 fully saturated rings. The van der Waals surface area contributed by atoms with Crippen LogP contribution in [0.4, 0.5) is 0 Å². The Morgan fingerprint density at radius 1 is 0.880 bits per heavy atom. The summed E-state index contributed by atoms with van der Waals surface area (Å²) in [4.78, 5) is 2.29. The van der Waals surface area contributed by atoms with Crippen molar-refractivity contribution in [1.82, 2.24) is 4.90 Å². The van der Waals surface area contributed by atoms with Gasteiger partial charge in [-0.1, -0.05) is 72.8 Å². The van der Waals surface area contributed by atoms with Gasteiger partial charge in [0.2, 0.25) is 0 Å². The number of hydrogen-bond donors (Lipinski definition) is 0. The van der Waals surface area contributed by atoms with Gasteiger partial charge in [-0.15, -0.1) is 0 Å². The summed E-state index contributed by atoms with van der Waals surface area (Å²) in [5.41, 5.74) is 6.53. The van der Waals surface area contributed by atoms with E-state index in [0.29, 0.717) is 0 Å². The summed E-state index contributed by atoms with van der Waals surface area (Å²) in [5, 5.41) is 0. The molecule has 3 aromatic carbocycles. The molecule has 25 heavy (non-hydrogen) atoms. The molecule has 2 nitrogen and oxygen atoms in total. The molecule has 2 heteroatoms. The number of fused-ring (bicyclic) bond motifs is 1. The highest BCUT2D eigenvalue weighted by atomic mass is 16.5. The normalized spacial score (nSPS) is 16.6. The minimum Gasteiger partial charge on any atom is -0.358 e. The molecule has 0 amide bonds. The maximum atomic E-state index is 6.08. The van der Waals surface area contributed by atoms with Gasteiger partial charge in [0.15, 0.2) is 0 Å². The molecule has 126 valence electrons. The van der Waals surface area contributed by atoms with Gasteiger partial charge in [-0.25, -0.2) is 0 Å². The van der Waals surface area contributed by atoms with Crippen molar-refractivity contribution in [3.8, 4) is 11.1 Å². The molecule has 4 rings (SSSR count). The lowest BCUT2D eigenvalue weighted by Crippen LogP contribution is -2.30. The lowest BCUT2D eigenvalue weighted by molar-refractivity contribution is -0.0624. The van der Waals surface area contributed by atoms with Crippen molar-refractivity contribution in [3.05, 3.63) is 95.6 Å². The molecular weight excluding hydrogens is 306 g/mol. The van der Waals surface area contributed by atoms with Gasteiger partial charge in [0.05, 0.1) is 6.61 Å². The predicted molar refractivity (Wildman–Crippen MR) is 102 cm³/mol. The third kappa shape index (κ3) is 3.51. The van der Waals surface area contributed by atoms with E-state index in [1.54, 1.807) is 0 Å². The Labute approximate surface area is 149 Å². The van der Waals surface area contributed by atoms with E-state index in [9.17, 15) is 0 Å². The Kier molecular flexibility index (Phi) is 4.64.